The summed E-state index contributed by atoms with van der Waals surface area (Å²) in [5.74, 6) is -1.28. The zero-order valence-corrected chi connectivity index (χ0v) is 9.22. The van der Waals surface area contributed by atoms with Gasteiger partial charge in [-0.15, -0.1) is 0 Å². The van der Waals surface area contributed by atoms with Crippen LogP contribution in [0, 0.1) is 0 Å². The monoisotopic (exact) mass is 248 g/mol. The number of carboxylic acids is 1. The number of thioether (sulfide) groups is 1. The first kappa shape index (κ1) is 11.6. The summed E-state index contributed by atoms with van der Waals surface area (Å²) in [6, 6.07) is -0.533. The van der Waals surface area contributed by atoms with Gasteiger partial charge in [-0.2, -0.15) is 0 Å². The van der Waals surface area contributed by atoms with Gasteiger partial charge in [0.1, 0.15) is 17.6 Å². The van der Waals surface area contributed by atoms with Crippen molar-refractivity contribution in [1.82, 2.24) is 5.32 Å². The average Bonchev–Trinajstić information content (AvgIpc) is 2.66. The fourth-order valence-electron chi connectivity index (χ4n) is 1.72. The van der Waals surface area contributed by atoms with Crippen molar-refractivity contribution >= 4 is 22.9 Å². The van der Waals surface area contributed by atoms with Crippen LogP contribution in [-0.4, -0.2) is 63.3 Å². The molecular weight excluding hydrogens is 236 g/mol. The van der Waals surface area contributed by atoms with E-state index in [1.54, 1.807) is 7.05 Å². The first-order chi connectivity index (χ1) is 7.54. The molecule has 2 saturated heterocycles. The van der Waals surface area contributed by atoms with Crippen LogP contribution in [-0.2, 0) is 9.53 Å². The molecule has 0 amide bonds. The zero-order valence-electron chi connectivity index (χ0n) is 8.40. The van der Waals surface area contributed by atoms with Gasteiger partial charge in [0.25, 0.3) is 0 Å². The SMILES string of the molecule is CN=C1NC2C(OC(C(=O)O)C(O)C2O)S1. The highest BCUT2D eigenvalue weighted by atomic mass is 32.2. The van der Waals surface area contributed by atoms with Crippen LogP contribution in [0.25, 0.3) is 0 Å². The second-order valence-electron chi connectivity index (χ2n) is 3.56. The lowest BCUT2D eigenvalue weighted by molar-refractivity contribution is -0.186. The quantitative estimate of drug-likeness (QED) is 0.433. The van der Waals surface area contributed by atoms with E-state index in [9.17, 15) is 15.0 Å². The van der Waals surface area contributed by atoms with Crippen molar-refractivity contribution in [3.63, 3.8) is 0 Å². The summed E-state index contributed by atoms with van der Waals surface area (Å²) >= 11 is 1.20. The molecule has 0 bridgehead atoms. The minimum Gasteiger partial charge on any atom is -0.479 e. The number of rotatable bonds is 1. The van der Waals surface area contributed by atoms with Gasteiger partial charge >= 0.3 is 5.97 Å². The van der Waals surface area contributed by atoms with Crippen LogP contribution in [0.1, 0.15) is 0 Å². The summed E-state index contributed by atoms with van der Waals surface area (Å²) in [5.41, 5.74) is -0.543. The number of amidine groups is 1. The minimum atomic E-state index is -1.44. The third kappa shape index (κ3) is 1.77. The standard InChI is InChI=1S/C8H12N2O5S/c1-9-8-10-2-3(11)4(12)5(6(13)14)15-7(2)16-8/h2-5,7,11-12H,1H3,(H,9,10)(H,13,14). The van der Waals surface area contributed by atoms with Gasteiger partial charge in [0.05, 0.1) is 6.04 Å². The average molecular weight is 248 g/mol. The highest BCUT2D eigenvalue weighted by Gasteiger charge is 2.51. The van der Waals surface area contributed by atoms with Gasteiger partial charge in [-0.3, -0.25) is 4.99 Å². The number of carbonyl (C=O) groups is 1. The molecule has 5 atom stereocenters. The summed E-state index contributed by atoms with van der Waals surface area (Å²) in [6.07, 6.45) is -4.03. The molecule has 8 heteroatoms. The number of hydrogen-bond acceptors (Lipinski definition) is 6. The normalized spacial score (nSPS) is 45.2. The van der Waals surface area contributed by atoms with Crippen molar-refractivity contribution in [3.8, 4) is 0 Å². The van der Waals surface area contributed by atoms with E-state index in [0.717, 1.165) is 0 Å². The maximum atomic E-state index is 10.8. The Bertz CT molecular complexity index is 336. The van der Waals surface area contributed by atoms with E-state index in [0.29, 0.717) is 5.17 Å². The van der Waals surface area contributed by atoms with Crippen molar-refractivity contribution < 1.29 is 24.9 Å². The molecule has 5 unspecified atom stereocenters. The van der Waals surface area contributed by atoms with E-state index in [4.69, 9.17) is 9.84 Å². The molecule has 0 aliphatic carbocycles. The third-order valence-electron chi connectivity index (χ3n) is 2.57. The van der Waals surface area contributed by atoms with E-state index in [1.165, 1.54) is 11.8 Å². The number of aliphatic imine (C=N–C) groups is 1. The Kier molecular flexibility index (Phi) is 3.06. The van der Waals surface area contributed by atoms with Crippen molar-refractivity contribution in [2.75, 3.05) is 7.05 Å². The van der Waals surface area contributed by atoms with Gasteiger partial charge in [0, 0.05) is 7.05 Å². The number of fused-ring (bicyclic) bond motifs is 1. The molecule has 7 nitrogen and oxygen atoms in total. The Labute approximate surface area is 95.5 Å². The second-order valence-corrected chi connectivity index (χ2v) is 4.65. The van der Waals surface area contributed by atoms with E-state index in [1.807, 2.05) is 0 Å². The van der Waals surface area contributed by atoms with E-state index in [-0.39, 0.29) is 0 Å². The topological polar surface area (TPSA) is 111 Å². The largest absolute Gasteiger partial charge is 0.479 e. The van der Waals surface area contributed by atoms with Crippen LogP contribution in [0.2, 0.25) is 0 Å². The van der Waals surface area contributed by atoms with Gasteiger partial charge < -0.3 is 25.4 Å². The smallest absolute Gasteiger partial charge is 0.335 e. The summed E-state index contributed by atoms with van der Waals surface area (Å²) in [4.78, 5) is 14.7. The lowest BCUT2D eigenvalue weighted by Crippen LogP contribution is -2.60. The number of nitrogens with one attached hydrogen (secondary N) is 1. The number of hydrogen-bond donors (Lipinski definition) is 4. The lowest BCUT2D eigenvalue weighted by atomic mass is 9.98. The molecule has 0 aromatic carbocycles. The molecule has 4 N–H and O–H groups in total. The summed E-state index contributed by atoms with van der Waals surface area (Å²) in [5, 5.41) is 31.6. The number of nitrogens with zero attached hydrogens (tertiary/aromatic N) is 1. The molecule has 90 valence electrons. The van der Waals surface area contributed by atoms with E-state index >= 15 is 0 Å². The van der Waals surface area contributed by atoms with Crippen LogP contribution in [0.5, 0.6) is 0 Å². The van der Waals surface area contributed by atoms with Gasteiger partial charge in [-0.05, 0) is 0 Å². The van der Waals surface area contributed by atoms with Crippen molar-refractivity contribution in [2.24, 2.45) is 4.99 Å². The van der Waals surface area contributed by atoms with E-state index < -0.39 is 35.8 Å². The molecule has 2 aliphatic rings. The van der Waals surface area contributed by atoms with Gasteiger partial charge in [-0.25, -0.2) is 4.79 Å². The Morgan fingerprint density at radius 3 is 2.75 bits per heavy atom. The fraction of sp³-hybridized carbons (Fsp3) is 0.750. The fourth-order valence-corrected chi connectivity index (χ4v) is 2.81. The molecule has 0 radical (unpaired) electrons. The molecule has 2 aliphatic heterocycles. The van der Waals surface area contributed by atoms with Crippen LogP contribution < -0.4 is 5.32 Å². The highest BCUT2D eigenvalue weighted by molar-refractivity contribution is 8.14. The molecule has 0 saturated carbocycles. The minimum absolute atomic E-state index is 0.533. The lowest BCUT2D eigenvalue weighted by Gasteiger charge is -2.36. The Balaban J connectivity index is 2.18. The second kappa shape index (κ2) is 4.21. The van der Waals surface area contributed by atoms with Crippen molar-refractivity contribution in [2.45, 2.75) is 29.8 Å². The zero-order chi connectivity index (χ0) is 11.9. The first-order valence-electron chi connectivity index (χ1n) is 4.69. The molecular formula is C8H12N2O5S. The molecule has 16 heavy (non-hydrogen) atoms. The third-order valence-corrected chi connectivity index (χ3v) is 3.73. The van der Waals surface area contributed by atoms with E-state index in [2.05, 4.69) is 10.3 Å². The number of carboxylic acid groups (broad SMARTS) is 1. The van der Waals surface area contributed by atoms with Crippen LogP contribution in [0.4, 0.5) is 0 Å². The predicted molar refractivity (Wildman–Crippen MR) is 56.2 cm³/mol. The maximum absolute atomic E-state index is 10.8. The first-order valence-corrected chi connectivity index (χ1v) is 5.57. The van der Waals surface area contributed by atoms with Crippen molar-refractivity contribution in [1.29, 1.82) is 0 Å². The molecule has 2 fully saturated rings. The molecule has 0 aromatic rings. The molecule has 2 rings (SSSR count). The Morgan fingerprint density at radius 2 is 2.19 bits per heavy atom. The van der Waals surface area contributed by atoms with Crippen molar-refractivity contribution in [3.05, 3.63) is 0 Å². The van der Waals surface area contributed by atoms with Crippen LogP contribution in [0.15, 0.2) is 4.99 Å². The molecule has 2 heterocycles. The van der Waals surface area contributed by atoms with Crippen LogP contribution in [0.3, 0.4) is 0 Å². The Hall–Kier alpha value is -0.830. The number of aliphatic carboxylic acids is 1. The molecule has 0 spiro atoms. The number of aliphatic hydroxyl groups is 2. The van der Waals surface area contributed by atoms with Gasteiger partial charge in [0.15, 0.2) is 11.3 Å². The van der Waals surface area contributed by atoms with Gasteiger partial charge in [-0.1, -0.05) is 11.8 Å². The highest BCUT2D eigenvalue weighted by Crippen LogP contribution is 2.33. The van der Waals surface area contributed by atoms with Crippen LogP contribution >= 0.6 is 11.8 Å². The summed E-state index contributed by atoms with van der Waals surface area (Å²) in [6.45, 7) is 0. The summed E-state index contributed by atoms with van der Waals surface area (Å²) in [7, 11) is 1.57. The van der Waals surface area contributed by atoms with Gasteiger partial charge in [0.2, 0.25) is 0 Å². The number of aliphatic hydroxyl groups excluding tert-OH is 2. The Morgan fingerprint density at radius 1 is 1.50 bits per heavy atom. The maximum Gasteiger partial charge on any atom is 0.335 e. The molecule has 0 aromatic heterocycles. The summed E-state index contributed by atoms with van der Waals surface area (Å²) < 4.78 is 5.20. The number of ether oxygens (including phenoxy) is 1. The predicted octanol–water partition coefficient (Wildman–Crippen LogP) is -1.79.